The van der Waals surface area contributed by atoms with Gasteiger partial charge in [0, 0.05) is 6.04 Å². The number of benzene rings is 2. The molecule has 2 aromatic carbocycles. The van der Waals surface area contributed by atoms with Gasteiger partial charge < -0.3 is 5.11 Å². The van der Waals surface area contributed by atoms with Crippen LogP contribution in [0.3, 0.4) is 0 Å². The van der Waals surface area contributed by atoms with E-state index in [-0.39, 0.29) is 16.5 Å². The summed E-state index contributed by atoms with van der Waals surface area (Å²) in [7, 11) is -3.73. The molecule has 2 N–H and O–H groups in total. The molecule has 0 fully saturated rings. The van der Waals surface area contributed by atoms with E-state index < -0.39 is 16.0 Å². The quantitative estimate of drug-likeness (QED) is 0.816. The Kier molecular flexibility index (Phi) is 5.52. The number of rotatable bonds is 7. The van der Waals surface area contributed by atoms with Crippen molar-refractivity contribution in [3.05, 3.63) is 65.7 Å². The van der Waals surface area contributed by atoms with E-state index >= 15 is 0 Å². The van der Waals surface area contributed by atoms with E-state index in [0.29, 0.717) is 6.42 Å². The van der Waals surface area contributed by atoms with Gasteiger partial charge >= 0.3 is 5.97 Å². The summed E-state index contributed by atoms with van der Waals surface area (Å²) in [6.45, 7) is 1.79. The number of carbonyl (C=O) groups is 1. The van der Waals surface area contributed by atoms with Gasteiger partial charge in [-0.1, -0.05) is 36.4 Å². The van der Waals surface area contributed by atoms with Crippen LogP contribution in [-0.4, -0.2) is 25.5 Å². The third-order valence-electron chi connectivity index (χ3n) is 3.46. The van der Waals surface area contributed by atoms with Crippen molar-refractivity contribution >= 4 is 16.0 Å². The van der Waals surface area contributed by atoms with Crippen molar-refractivity contribution < 1.29 is 18.3 Å². The summed E-state index contributed by atoms with van der Waals surface area (Å²) in [4.78, 5) is 10.9. The molecule has 5 nitrogen and oxygen atoms in total. The van der Waals surface area contributed by atoms with E-state index in [1.54, 1.807) is 6.92 Å². The molecular weight excluding hydrogens is 314 g/mol. The van der Waals surface area contributed by atoms with Crippen molar-refractivity contribution in [3.63, 3.8) is 0 Å². The van der Waals surface area contributed by atoms with Crippen molar-refractivity contribution in [2.24, 2.45) is 0 Å². The summed E-state index contributed by atoms with van der Waals surface area (Å²) in [5.41, 5.74) is 1.09. The van der Waals surface area contributed by atoms with Crippen LogP contribution in [0.2, 0.25) is 0 Å². The van der Waals surface area contributed by atoms with Crippen molar-refractivity contribution in [2.75, 3.05) is 0 Å². The van der Waals surface area contributed by atoms with Crippen LogP contribution in [0.4, 0.5) is 0 Å². The predicted octanol–water partition coefficient (Wildman–Crippen LogP) is 2.68. The lowest BCUT2D eigenvalue weighted by molar-refractivity contribution is 0.0696. The van der Waals surface area contributed by atoms with Gasteiger partial charge in [-0.05, 0) is 43.5 Å². The molecule has 0 saturated heterocycles. The fourth-order valence-corrected chi connectivity index (χ4v) is 3.54. The zero-order valence-electron chi connectivity index (χ0n) is 12.8. The summed E-state index contributed by atoms with van der Waals surface area (Å²) >= 11 is 0. The monoisotopic (exact) mass is 333 g/mol. The third kappa shape index (κ3) is 4.91. The average Bonchev–Trinajstić information content (AvgIpc) is 2.53. The minimum Gasteiger partial charge on any atom is -0.478 e. The Morgan fingerprint density at radius 2 is 1.83 bits per heavy atom. The summed E-state index contributed by atoms with van der Waals surface area (Å²) < 4.78 is 27.2. The first-order valence-corrected chi connectivity index (χ1v) is 8.76. The molecule has 0 aliphatic rings. The van der Waals surface area contributed by atoms with Crippen LogP contribution in [-0.2, 0) is 16.4 Å². The van der Waals surface area contributed by atoms with Crippen molar-refractivity contribution in [3.8, 4) is 0 Å². The molecule has 2 rings (SSSR count). The number of sulfonamides is 1. The Bertz CT molecular complexity index is 772. The van der Waals surface area contributed by atoms with E-state index in [1.807, 2.05) is 30.3 Å². The fraction of sp³-hybridized carbons (Fsp3) is 0.235. The molecule has 23 heavy (non-hydrogen) atoms. The van der Waals surface area contributed by atoms with Crippen molar-refractivity contribution in [2.45, 2.75) is 30.7 Å². The lowest BCUT2D eigenvalue weighted by atomic mass is 10.1. The number of carboxylic acid groups (broad SMARTS) is 1. The number of aryl methyl sites for hydroxylation is 1. The van der Waals surface area contributed by atoms with Crippen LogP contribution < -0.4 is 4.72 Å². The standard InChI is InChI=1S/C17H19NO4S/c1-13(10-11-14-6-3-2-4-7-14)18-23(21,22)16-9-5-8-15(12-16)17(19)20/h2-9,12-13,18H,10-11H2,1H3,(H,19,20)/t13-/m1/s1. The molecule has 2 aromatic rings. The summed E-state index contributed by atoms with van der Waals surface area (Å²) in [6.07, 6.45) is 1.42. The lowest BCUT2D eigenvalue weighted by Crippen LogP contribution is -2.33. The molecule has 1 atom stereocenters. The second-order valence-electron chi connectivity index (χ2n) is 5.38. The zero-order valence-corrected chi connectivity index (χ0v) is 13.6. The molecule has 0 aliphatic carbocycles. The van der Waals surface area contributed by atoms with Gasteiger partial charge in [0.25, 0.3) is 0 Å². The number of nitrogens with one attached hydrogen (secondary N) is 1. The number of carboxylic acids is 1. The van der Waals surface area contributed by atoms with Gasteiger partial charge in [-0.2, -0.15) is 0 Å². The minimum atomic E-state index is -3.73. The van der Waals surface area contributed by atoms with Crippen LogP contribution in [0.25, 0.3) is 0 Å². The molecule has 0 unspecified atom stereocenters. The highest BCUT2D eigenvalue weighted by molar-refractivity contribution is 7.89. The largest absolute Gasteiger partial charge is 0.478 e. The normalized spacial score (nSPS) is 12.7. The maximum absolute atomic E-state index is 12.3. The summed E-state index contributed by atoms with van der Waals surface area (Å²) in [6, 6.07) is 14.9. The van der Waals surface area contributed by atoms with Gasteiger partial charge in [-0.25, -0.2) is 17.9 Å². The molecule has 122 valence electrons. The Morgan fingerprint density at radius 1 is 1.13 bits per heavy atom. The first-order chi connectivity index (χ1) is 10.9. The highest BCUT2D eigenvalue weighted by Crippen LogP contribution is 2.13. The van der Waals surface area contributed by atoms with Crippen LogP contribution in [0, 0.1) is 0 Å². The van der Waals surface area contributed by atoms with Gasteiger partial charge in [0.2, 0.25) is 10.0 Å². The highest BCUT2D eigenvalue weighted by atomic mass is 32.2. The maximum Gasteiger partial charge on any atom is 0.335 e. The van der Waals surface area contributed by atoms with Gasteiger partial charge in [0.1, 0.15) is 0 Å². The van der Waals surface area contributed by atoms with E-state index in [2.05, 4.69) is 4.72 Å². The Balaban J connectivity index is 2.02. The molecule has 6 heteroatoms. The molecule has 0 bridgehead atoms. The Hall–Kier alpha value is -2.18. The van der Waals surface area contributed by atoms with Crippen LogP contribution in [0.15, 0.2) is 59.5 Å². The number of aromatic carboxylic acids is 1. The predicted molar refractivity (Wildman–Crippen MR) is 87.9 cm³/mol. The van der Waals surface area contributed by atoms with Gasteiger partial charge in [-0.3, -0.25) is 0 Å². The summed E-state index contributed by atoms with van der Waals surface area (Å²) in [5, 5.41) is 8.95. The van der Waals surface area contributed by atoms with Crippen LogP contribution >= 0.6 is 0 Å². The van der Waals surface area contributed by atoms with Crippen LogP contribution in [0.1, 0.15) is 29.3 Å². The Morgan fingerprint density at radius 3 is 2.48 bits per heavy atom. The van der Waals surface area contributed by atoms with E-state index in [0.717, 1.165) is 18.1 Å². The van der Waals surface area contributed by atoms with Crippen LogP contribution in [0.5, 0.6) is 0 Å². The Labute approximate surface area is 136 Å². The van der Waals surface area contributed by atoms with E-state index in [9.17, 15) is 13.2 Å². The SMILES string of the molecule is C[C@H](CCc1ccccc1)NS(=O)(=O)c1cccc(C(=O)O)c1. The van der Waals surface area contributed by atoms with Crippen molar-refractivity contribution in [1.82, 2.24) is 4.72 Å². The van der Waals surface area contributed by atoms with E-state index in [4.69, 9.17) is 5.11 Å². The second-order valence-corrected chi connectivity index (χ2v) is 7.09. The zero-order chi connectivity index (χ0) is 16.9. The fourth-order valence-electron chi connectivity index (χ4n) is 2.22. The maximum atomic E-state index is 12.3. The van der Waals surface area contributed by atoms with Gasteiger partial charge in [0.15, 0.2) is 0 Å². The third-order valence-corrected chi connectivity index (χ3v) is 5.04. The first kappa shape index (κ1) is 17.2. The second kappa shape index (κ2) is 7.39. The van der Waals surface area contributed by atoms with Crippen molar-refractivity contribution in [1.29, 1.82) is 0 Å². The van der Waals surface area contributed by atoms with Gasteiger partial charge in [0.05, 0.1) is 10.5 Å². The smallest absolute Gasteiger partial charge is 0.335 e. The molecule has 0 amide bonds. The van der Waals surface area contributed by atoms with Gasteiger partial charge in [-0.15, -0.1) is 0 Å². The first-order valence-electron chi connectivity index (χ1n) is 7.28. The molecule has 0 aliphatic heterocycles. The minimum absolute atomic E-state index is 0.0380. The lowest BCUT2D eigenvalue weighted by Gasteiger charge is -2.14. The topological polar surface area (TPSA) is 83.5 Å². The number of hydrogen-bond donors (Lipinski definition) is 2. The highest BCUT2D eigenvalue weighted by Gasteiger charge is 2.18. The molecular formula is C17H19NO4S. The average molecular weight is 333 g/mol. The molecule has 0 spiro atoms. The molecule has 0 heterocycles. The number of hydrogen-bond acceptors (Lipinski definition) is 3. The molecule has 0 saturated carbocycles. The summed E-state index contributed by atoms with van der Waals surface area (Å²) in [5.74, 6) is -1.15. The molecule has 0 aromatic heterocycles. The molecule has 0 radical (unpaired) electrons. The van der Waals surface area contributed by atoms with E-state index in [1.165, 1.54) is 18.2 Å².